The van der Waals surface area contributed by atoms with Crippen LogP contribution in [0.2, 0.25) is 5.02 Å². The molecule has 0 spiro atoms. The molecule has 2 aromatic heterocycles. The quantitative estimate of drug-likeness (QED) is 0.567. The van der Waals surface area contributed by atoms with Crippen molar-refractivity contribution < 1.29 is 18.7 Å². The molecule has 0 bridgehead atoms. The number of nitrogens with zero attached hydrogens (tertiary/aromatic N) is 3. The molecule has 3 heterocycles. The topological polar surface area (TPSA) is 101 Å². The number of aromatic carboxylic acids is 1. The highest BCUT2D eigenvalue weighted by atomic mass is 35.5. The Balaban J connectivity index is 1.73. The molecule has 7 nitrogen and oxygen atoms in total. The van der Waals surface area contributed by atoms with Crippen molar-refractivity contribution in [2.24, 2.45) is 17.6 Å². The van der Waals surface area contributed by atoms with Gasteiger partial charge >= 0.3 is 5.97 Å². The van der Waals surface area contributed by atoms with Crippen LogP contribution in [-0.4, -0.2) is 39.8 Å². The van der Waals surface area contributed by atoms with Crippen LogP contribution in [-0.2, 0) is 0 Å². The molecule has 0 unspecified atom stereocenters. The normalized spacial score (nSPS) is 22.1. The van der Waals surface area contributed by atoms with E-state index in [0.717, 1.165) is 24.8 Å². The second kappa shape index (κ2) is 7.93. The Morgan fingerprint density at radius 1 is 1.27 bits per heavy atom. The molecular formula is C23H19ClF2N4O3. The molecule has 5 rings (SSSR count). The second-order valence-electron chi connectivity index (χ2n) is 8.37. The van der Waals surface area contributed by atoms with Crippen LogP contribution >= 0.6 is 11.6 Å². The van der Waals surface area contributed by atoms with E-state index in [1.54, 1.807) is 0 Å². The maximum Gasteiger partial charge on any atom is 0.341 e. The van der Waals surface area contributed by atoms with Gasteiger partial charge in [0.25, 0.3) is 0 Å². The van der Waals surface area contributed by atoms with Gasteiger partial charge in [-0.25, -0.2) is 18.6 Å². The predicted octanol–water partition coefficient (Wildman–Crippen LogP) is 3.36. The first-order valence-corrected chi connectivity index (χ1v) is 10.7. The number of carboxylic acid groups (broad SMARTS) is 1. The van der Waals surface area contributed by atoms with Gasteiger partial charge in [0.05, 0.1) is 16.6 Å². The molecule has 1 aliphatic heterocycles. The molecule has 3 atom stereocenters. The molecular weight excluding hydrogens is 454 g/mol. The maximum absolute atomic E-state index is 14.7. The zero-order valence-electron chi connectivity index (χ0n) is 17.2. The van der Waals surface area contributed by atoms with Gasteiger partial charge in [-0.1, -0.05) is 23.8 Å². The molecule has 0 amide bonds. The standard InChI is InChI=1S/C23H19ClF2N4O3/c24-19-20-13(7-28-22(19)29-8-11-2-1-3-17(27)14(11)9-29)21(31)15(23(32)33)10-30(20)18-5-4-12(25)6-16(18)26/h1,3-7,10-11,14,17H,2,8-9,27H2,(H,32,33)/t11-,14+,17-/m1/s1. The van der Waals surface area contributed by atoms with E-state index in [9.17, 15) is 23.5 Å². The average Bonchev–Trinajstić information content (AvgIpc) is 3.20. The average molecular weight is 473 g/mol. The molecule has 1 aromatic carbocycles. The Morgan fingerprint density at radius 3 is 2.76 bits per heavy atom. The van der Waals surface area contributed by atoms with E-state index in [1.165, 1.54) is 10.8 Å². The highest BCUT2D eigenvalue weighted by molar-refractivity contribution is 6.37. The molecule has 10 heteroatoms. The smallest absolute Gasteiger partial charge is 0.341 e. The Hall–Kier alpha value is -3.30. The Kier molecular flexibility index (Phi) is 5.18. The number of hydrogen-bond acceptors (Lipinski definition) is 5. The number of anilines is 1. The van der Waals surface area contributed by atoms with E-state index < -0.39 is 28.6 Å². The largest absolute Gasteiger partial charge is 0.477 e. The maximum atomic E-state index is 14.7. The molecule has 1 saturated heterocycles. The number of hydrogen-bond donors (Lipinski definition) is 2. The highest BCUT2D eigenvalue weighted by Gasteiger charge is 2.38. The fraction of sp³-hybridized carbons (Fsp3) is 0.261. The zero-order valence-corrected chi connectivity index (χ0v) is 18.0. The van der Waals surface area contributed by atoms with Crippen molar-refractivity contribution in [2.75, 3.05) is 18.0 Å². The van der Waals surface area contributed by atoms with Gasteiger partial charge in [-0.2, -0.15) is 0 Å². The minimum absolute atomic E-state index is 0.0745. The zero-order chi connectivity index (χ0) is 23.4. The van der Waals surface area contributed by atoms with Crippen molar-refractivity contribution in [1.82, 2.24) is 9.55 Å². The van der Waals surface area contributed by atoms with Crippen LogP contribution in [0, 0.1) is 23.5 Å². The summed E-state index contributed by atoms with van der Waals surface area (Å²) in [4.78, 5) is 30.9. The monoisotopic (exact) mass is 472 g/mol. The van der Waals surface area contributed by atoms with E-state index in [2.05, 4.69) is 11.1 Å². The van der Waals surface area contributed by atoms with Crippen molar-refractivity contribution in [1.29, 1.82) is 0 Å². The summed E-state index contributed by atoms with van der Waals surface area (Å²) < 4.78 is 29.4. The van der Waals surface area contributed by atoms with Crippen LogP contribution < -0.4 is 16.1 Å². The summed E-state index contributed by atoms with van der Waals surface area (Å²) in [5.74, 6) is -2.28. The molecule has 3 aromatic rings. The van der Waals surface area contributed by atoms with Gasteiger partial charge in [0.15, 0.2) is 0 Å². The molecule has 0 radical (unpaired) electrons. The summed E-state index contributed by atoms with van der Waals surface area (Å²) in [7, 11) is 0. The summed E-state index contributed by atoms with van der Waals surface area (Å²) in [6.45, 7) is 1.26. The van der Waals surface area contributed by atoms with Crippen molar-refractivity contribution in [3.63, 3.8) is 0 Å². The number of halogens is 3. The van der Waals surface area contributed by atoms with Gasteiger partial charge in [0.1, 0.15) is 28.0 Å². The summed E-state index contributed by atoms with van der Waals surface area (Å²) >= 11 is 6.74. The van der Waals surface area contributed by atoms with Gasteiger partial charge in [-0.15, -0.1) is 0 Å². The predicted molar refractivity (Wildman–Crippen MR) is 120 cm³/mol. The van der Waals surface area contributed by atoms with E-state index in [0.29, 0.717) is 30.9 Å². The van der Waals surface area contributed by atoms with E-state index in [4.69, 9.17) is 17.3 Å². The molecule has 1 aliphatic carbocycles. The van der Waals surface area contributed by atoms with Crippen LogP contribution in [0.1, 0.15) is 16.8 Å². The van der Waals surface area contributed by atoms with Crippen LogP contribution in [0.3, 0.4) is 0 Å². The number of fused-ring (bicyclic) bond motifs is 2. The Morgan fingerprint density at radius 2 is 2.06 bits per heavy atom. The highest BCUT2D eigenvalue weighted by Crippen LogP contribution is 2.39. The lowest BCUT2D eigenvalue weighted by Gasteiger charge is -2.25. The SMILES string of the molecule is N[C@@H]1C=CC[C@@H]2CN(c3ncc4c(=O)c(C(=O)O)cn(-c5ccc(F)cc5F)c4c3Cl)C[C@@H]21. The minimum Gasteiger partial charge on any atom is -0.477 e. The van der Waals surface area contributed by atoms with Gasteiger partial charge in [0, 0.05) is 37.6 Å². The summed E-state index contributed by atoms with van der Waals surface area (Å²) in [5, 5.41) is 9.50. The van der Waals surface area contributed by atoms with Crippen LogP contribution in [0.25, 0.3) is 16.6 Å². The third-order valence-corrected chi connectivity index (χ3v) is 6.79. The van der Waals surface area contributed by atoms with Gasteiger partial charge in [-0.3, -0.25) is 4.79 Å². The first kappa shape index (κ1) is 21.5. The van der Waals surface area contributed by atoms with Crippen molar-refractivity contribution in [3.8, 4) is 5.69 Å². The number of pyridine rings is 2. The Bertz CT molecular complexity index is 1390. The fourth-order valence-electron chi connectivity index (χ4n) is 4.81. The fourth-order valence-corrected chi connectivity index (χ4v) is 5.18. The summed E-state index contributed by atoms with van der Waals surface area (Å²) in [6, 6.07) is 2.79. The first-order valence-electron chi connectivity index (χ1n) is 10.4. The molecule has 2 aliphatic rings. The second-order valence-corrected chi connectivity index (χ2v) is 8.75. The third kappa shape index (κ3) is 3.48. The number of carboxylic acids is 1. The van der Waals surface area contributed by atoms with Gasteiger partial charge in [0.2, 0.25) is 5.43 Å². The van der Waals surface area contributed by atoms with Crippen LogP contribution in [0.5, 0.6) is 0 Å². The number of carbonyl (C=O) groups is 1. The van der Waals surface area contributed by atoms with Crippen LogP contribution in [0.4, 0.5) is 14.6 Å². The van der Waals surface area contributed by atoms with Gasteiger partial charge in [-0.05, 0) is 30.4 Å². The van der Waals surface area contributed by atoms with Crippen molar-refractivity contribution >= 4 is 34.3 Å². The van der Waals surface area contributed by atoms with E-state index >= 15 is 0 Å². The molecule has 170 valence electrons. The first-order chi connectivity index (χ1) is 15.8. The van der Waals surface area contributed by atoms with E-state index in [1.807, 2.05) is 11.0 Å². The lowest BCUT2D eigenvalue weighted by molar-refractivity contribution is 0.0695. The Labute approximate surface area is 191 Å². The van der Waals surface area contributed by atoms with Crippen molar-refractivity contribution in [3.05, 3.63) is 75.2 Å². The van der Waals surface area contributed by atoms with Crippen molar-refractivity contribution in [2.45, 2.75) is 12.5 Å². The number of benzene rings is 1. The molecule has 1 fully saturated rings. The molecule has 33 heavy (non-hydrogen) atoms. The minimum atomic E-state index is -1.48. The number of rotatable bonds is 3. The number of nitrogens with two attached hydrogens (primary N) is 1. The molecule has 0 saturated carbocycles. The third-order valence-electron chi connectivity index (χ3n) is 6.45. The van der Waals surface area contributed by atoms with Crippen LogP contribution in [0.15, 0.2) is 47.5 Å². The summed E-state index contributed by atoms with van der Waals surface area (Å²) in [6.07, 6.45) is 7.19. The van der Waals surface area contributed by atoms with E-state index in [-0.39, 0.29) is 33.6 Å². The lowest BCUT2D eigenvalue weighted by Crippen LogP contribution is -2.35. The molecule has 3 N–H and O–H groups in total. The summed E-state index contributed by atoms with van der Waals surface area (Å²) in [5.41, 5.74) is 4.81. The lowest BCUT2D eigenvalue weighted by atomic mass is 9.83. The number of aromatic nitrogens is 2. The van der Waals surface area contributed by atoms with Gasteiger partial charge < -0.3 is 20.3 Å². The number of allylic oxidation sites excluding steroid dienone is 1.